The number of hydrogen-bond acceptors (Lipinski definition) is 5. The first-order valence-corrected chi connectivity index (χ1v) is 12.2. The number of para-hydroxylation sites is 1. The number of fused-ring (bicyclic) bond motifs is 3. The Balaban J connectivity index is 1.17. The first kappa shape index (κ1) is 22.2. The number of ether oxygens (including phenoxy) is 1. The van der Waals surface area contributed by atoms with Crippen LogP contribution in [0.2, 0.25) is 0 Å². The Labute approximate surface area is 195 Å². The fourth-order valence-corrected chi connectivity index (χ4v) is 5.35. The molecule has 0 saturated carbocycles. The van der Waals surface area contributed by atoms with Crippen molar-refractivity contribution in [3.8, 4) is 0 Å². The van der Waals surface area contributed by atoms with E-state index in [0.717, 1.165) is 39.0 Å². The number of carbonyl (C=O) groups is 1. The van der Waals surface area contributed by atoms with Crippen LogP contribution in [-0.4, -0.2) is 76.6 Å². The molecule has 3 aromatic rings. The molecular formula is C26H34N4O3. The van der Waals surface area contributed by atoms with Crippen LogP contribution in [0.1, 0.15) is 25.3 Å². The number of nitrogens with zero attached hydrogens (tertiary/aromatic N) is 4. The van der Waals surface area contributed by atoms with Gasteiger partial charge in [0.05, 0.1) is 6.61 Å². The average molecular weight is 451 g/mol. The number of hydroxylamine groups is 2. The van der Waals surface area contributed by atoms with E-state index in [1.807, 2.05) is 4.90 Å². The van der Waals surface area contributed by atoms with E-state index in [-0.39, 0.29) is 12.0 Å². The zero-order chi connectivity index (χ0) is 22.8. The molecule has 0 spiro atoms. The fourth-order valence-electron chi connectivity index (χ4n) is 5.35. The van der Waals surface area contributed by atoms with Crippen LogP contribution in [0, 0.1) is 5.92 Å². The summed E-state index contributed by atoms with van der Waals surface area (Å²) in [6, 6.07) is 15.5. The van der Waals surface area contributed by atoms with Gasteiger partial charge in [-0.15, -0.1) is 0 Å². The number of rotatable bonds is 5. The maximum atomic E-state index is 12.5. The number of piperazine rings is 1. The predicted molar refractivity (Wildman–Crippen MR) is 129 cm³/mol. The third-order valence-corrected chi connectivity index (χ3v) is 7.13. The smallest absolute Gasteiger partial charge is 0.409 e. The molecule has 2 aliphatic heterocycles. The Morgan fingerprint density at radius 1 is 1.03 bits per heavy atom. The second-order valence-electron chi connectivity index (χ2n) is 9.37. The summed E-state index contributed by atoms with van der Waals surface area (Å²) in [6.07, 6.45) is 1.72. The number of piperidine rings is 1. The summed E-state index contributed by atoms with van der Waals surface area (Å²) >= 11 is 0. The van der Waals surface area contributed by atoms with Crippen molar-refractivity contribution in [2.75, 3.05) is 45.9 Å². The molecular weight excluding hydrogens is 416 g/mol. The number of benzene rings is 2. The highest BCUT2D eigenvalue weighted by Crippen LogP contribution is 2.30. The molecule has 0 aliphatic carbocycles. The minimum absolute atomic E-state index is 0.224. The van der Waals surface area contributed by atoms with Gasteiger partial charge in [-0.1, -0.05) is 24.3 Å². The zero-order valence-electron chi connectivity index (χ0n) is 19.4. The van der Waals surface area contributed by atoms with Crippen molar-refractivity contribution in [1.82, 2.24) is 19.4 Å². The maximum absolute atomic E-state index is 12.5. The average Bonchev–Trinajstić information content (AvgIpc) is 3.16. The van der Waals surface area contributed by atoms with E-state index in [0.29, 0.717) is 32.8 Å². The summed E-state index contributed by atoms with van der Waals surface area (Å²) < 4.78 is 7.93. The maximum Gasteiger partial charge on any atom is 0.409 e. The van der Waals surface area contributed by atoms with Gasteiger partial charge in [-0.3, -0.25) is 4.90 Å². The second-order valence-corrected chi connectivity index (χ2v) is 9.37. The predicted octanol–water partition coefficient (Wildman–Crippen LogP) is 4.17. The van der Waals surface area contributed by atoms with E-state index in [2.05, 4.69) is 58.9 Å². The van der Waals surface area contributed by atoms with Crippen LogP contribution in [-0.2, 0) is 17.8 Å². The SMILES string of the molecule is CCn1c2ccccc2c2cc(CN3CCN(C(=O)OCC4CCCN(O)C4)CC3)ccc21. The molecule has 3 heterocycles. The second kappa shape index (κ2) is 9.71. The van der Waals surface area contributed by atoms with Gasteiger partial charge in [0, 0.05) is 80.1 Å². The normalized spacial score (nSPS) is 20.5. The molecule has 2 aliphatic rings. The fraction of sp³-hybridized carbons (Fsp3) is 0.500. The molecule has 7 heteroatoms. The lowest BCUT2D eigenvalue weighted by Crippen LogP contribution is -2.48. The number of aromatic nitrogens is 1. The molecule has 2 aromatic carbocycles. The van der Waals surface area contributed by atoms with E-state index >= 15 is 0 Å². The Hall–Kier alpha value is -2.61. The minimum atomic E-state index is -0.224. The van der Waals surface area contributed by atoms with Gasteiger partial charge in [-0.05, 0) is 43.5 Å². The molecule has 0 radical (unpaired) electrons. The molecule has 0 bridgehead atoms. The third kappa shape index (κ3) is 4.71. The van der Waals surface area contributed by atoms with Gasteiger partial charge in [-0.2, -0.15) is 5.06 Å². The molecule has 2 saturated heterocycles. The zero-order valence-corrected chi connectivity index (χ0v) is 19.4. The van der Waals surface area contributed by atoms with Gasteiger partial charge in [-0.25, -0.2) is 4.79 Å². The molecule has 33 heavy (non-hydrogen) atoms. The highest BCUT2D eigenvalue weighted by molar-refractivity contribution is 6.08. The lowest BCUT2D eigenvalue weighted by molar-refractivity contribution is -0.122. The van der Waals surface area contributed by atoms with Crippen molar-refractivity contribution in [3.63, 3.8) is 0 Å². The van der Waals surface area contributed by atoms with E-state index in [1.165, 1.54) is 32.4 Å². The van der Waals surface area contributed by atoms with Crippen LogP contribution in [0.3, 0.4) is 0 Å². The first-order valence-electron chi connectivity index (χ1n) is 12.2. The monoisotopic (exact) mass is 450 g/mol. The van der Waals surface area contributed by atoms with Crippen LogP contribution >= 0.6 is 0 Å². The Kier molecular flexibility index (Phi) is 6.53. The molecule has 176 valence electrons. The number of aryl methyl sites for hydroxylation is 1. The van der Waals surface area contributed by atoms with Gasteiger partial charge in [0.1, 0.15) is 0 Å². The lowest BCUT2D eigenvalue weighted by Gasteiger charge is -2.34. The van der Waals surface area contributed by atoms with Crippen LogP contribution in [0.4, 0.5) is 4.79 Å². The quantitative estimate of drug-likeness (QED) is 0.632. The first-order chi connectivity index (χ1) is 16.1. The summed E-state index contributed by atoms with van der Waals surface area (Å²) in [5, 5.41) is 13.6. The van der Waals surface area contributed by atoms with Crippen LogP contribution in [0.15, 0.2) is 42.5 Å². The topological polar surface area (TPSA) is 61.2 Å². The Bertz CT molecular complexity index is 1120. The van der Waals surface area contributed by atoms with E-state index in [4.69, 9.17) is 4.74 Å². The van der Waals surface area contributed by atoms with Crippen molar-refractivity contribution in [3.05, 3.63) is 48.0 Å². The molecule has 5 rings (SSSR count). The van der Waals surface area contributed by atoms with Crippen LogP contribution in [0.5, 0.6) is 0 Å². The van der Waals surface area contributed by atoms with E-state index < -0.39 is 0 Å². The van der Waals surface area contributed by atoms with Gasteiger partial charge < -0.3 is 19.4 Å². The van der Waals surface area contributed by atoms with Gasteiger partial charge in [0.15, 0.2) is 0 Å². The van der Waals surface area contributed by atoms with Crippen molar-refractivity contribution in [2.24, 2.45) is 5.92 Å². The minimum Gasteiger partial charge on any atom is -0.449 e. The van der Waals surface area contributed by atoms with Gasteiger partial charge >= 0.3 is 6.09 Å². The van der Waals surface area contributed by atoms with Crippen LogP contribution in [0.25, 0.3) is 21.8 Å². The number of hydrogen-bond donors (Lipinski definition) is 1. The molecule has 1 N–H and O–H groups in total. The standard InChI is InChI=1S/C26H34N4O3/c1-2-30-24-8-4-3-7-22(24)23-16-20(9-10-25(23)30)17-27-12-14-28(15-13-27)26(31)33-19-21-6-5-11-29(32)18-21/h3-4,7-10,16,21,32H,2,5-6,11-15,17-19H2,1H3. The highest BCUT2D eigenvalue weighted by Gasteiger charge is 2.25. The number of carbonyl (C=O) groups excluding carboxylic acids is 1. The van der Waals surface area contributed by atoms with E-state index in [1.54, 1.807) is 0 Å². The molecule has 1 aromatic heterocycles. The van der Waals surface area contributed by atoms with Crippen molar-refractivity contribution in [1.29, 1.82) is 0 Å². The largest absolute Gasteiger partial charge is 0.449 e. The Morgan fingerprint density at radius 2 is 1.82 bits per heavy atom. The summed E-state index contributed by atoms with van der Waals surface area (Å²) in [6.45, 7) is 8.79. The number of amides is 1. The third-order valence-electron chi connectivity index (χ3n) is 7.13. The molecule has 1 unspecified atom stereocenters. The molecule has 2 fully saturated rings. The lowest BCUT2D eigenvalue weighted by atomic mass is 10.0. The molecule has 1 amide bonds. The van der Waals surface area contributed by atoms with E-state index in [9.17, 15) is 10.0 Å². The molecule has 1 atom stereocenters. The summed E-state index contributed by atoms with van der Waals surface area (Å²) in [5.74, 6) is 0.225. The van der Waals surface area contributed by atoms with Crippen molar-refractivity contribution >= 4 is 27.9 Å². The van der Waals surface area contributed by atoms with Crippen molar-refractivity contribution < 1.29 is 14.7 Å². The summed E-state index contributed by atoms with van der Waals surface area (Å²) in [5.41, 5.74) is 3.89. The summed E-state index contributed by atoms with van der Waals surface area (Å²) in [7, 11) is 0. The highest BCUT2D eigenvalue weighted by atomic mass is 16.6. The van der Waals surface area contributed by atoms with Gasteiger partial charge in [0.2, 0.25) is 0 Å². The molecule has 7 nitrogen and oxygen atoms in total. The summed E-state index contributed by atoms with van der Waals surface area (Å²) in [4.78, 5) is 16.7. The van der Waals surface area contributed by atoms with Gasteiger partial charge in [0.25, 0.3) is 0 Å². The Morgan fingerprint density at radius 3 is 2.61 bits per heavy atom. The van der Waals surface area contributed by atoms with Crippen molar-refractivity contribution in [2.45, 2.75) is 32.9 Å². The van der Waals surface area contributed by atoms with Crippen LogP contribution < -0.4 is 0 Å².